The summed E-state index contributed by atoms with van der Waals surface area (Å²) in [6.07, 6.45) is 35.9. The van der Waals surface area contributed by atoms with Crippen LogP contribution in [0.15, 0.2) is 36.5 Å². The Morgan fingerprint density at radius 1 is 0.646 bits per heavy atom. The number of carbonyl (C=O) groups excluding carboxylic acids is 1. The van der Waals surface area contributed by atoms with E-state index < -0.39 is 13.9 Å². The number of phosphoric acid groups is 1. The van der Waals surface area contributed by atoms with E-state index in [1.165, 1.54) is 70.6 Å². The number of ether oxygens (including phenoxy) is 2. The fourth-order valence-corrected chi connectivity index (χ4v) is 5.62. The molecule has 8 nitrogen and oxygen atoms in total. The third-order valence-corrected chi connectivity index (χ3v) is 8.89. The molecule has 0 saturated carbocycles. The second kappa shape index (κ2) is 32.9. The second-order valence-corrected chi connectivity index (χ2v) is 15.4. The number of rotatable bonds is 35. The van der Waals surface area contributed by atoms with Gasteiger partial charge in [0.15, 0.2) is 0 Å². The van der Waals surface area contributed by atoms with Crippen LogP contribution in [-0.4, -0.2) is 75.6 Å². The average molecular weight is 701 g/mol. The molecular formula is C39H75NO7P+. The zero-order valence-electron chi connectivity index (χ0n) is 31.7. The number of carbonyl (C=O) groups is 1. The topological polar surface area (TPSA) is 91.3 Å². The number of likely N-dealkylation sites (N-methyl/N-ethyl adjacent to an activating group) is 1. The lowest BCUT2D eigenvalue weighted by molar-refractivity contribution is -0.870. The standard InChI is InChI=1S/C39H74NO7P/c1-6-8-10-12-14-16-18-19-20-21-22-24-26-28-30-32-39(41)47-38(37-46-48(42,43)45-35-33-40(3,4)5)36-44-34-31-29-27-25-23-17-15-13-11-9-7-2/h11,13-14,16,19-20,38H,6-10,12,15,17-18,21-37H2,1-5H3/p+1/b13-11-,16-14-,20-19-. The Balaban J connectivity index is 4.33. The van der Waals surface area contributed by atoms with Crippen LogP contribution in [0.1, 0.15) is 149 Å². The molecule has 2 unspecified atom stereocenters. The van der Waals surface area contributed by atoms with Crippen molar-refractivity contribution in [3.8, 4) is 0 Å². The number of hydrogen-bond acceptors (Lipinski definition) is 6. The SMILES string of the molecule is CCC/C=C\CCCCCCCCOCC(COP(=O)(O)OCC[N+](C)(C)C)OC(=O)CCCCCCC/C=C\C/C=C\CCCCC. The Morgan fingerprint density at radius 2 is 1.19 bits per heavy atom. The van der Waals surface area contributed by atoms with Gasteiger partial charge in [-0.15, -0.1) is 0 Å². The third kappa shape index (κ3) is 36.0. The van der Waals surface area contributed by atoms with Crippen LogP contribution >= 0.6 is 7.82 Å². The molecule has 0 fully saturated rings. The summed E-state index contributed by atoms with van der Waals surface area (Å²) in [7, 11) is 1.65. The molecule has 2 atom stereocenters. The molecule has 0 aromatic heterocycles. The Hall–Kier alpha value is -1.28. The molecule has 0 amide bonds. The van der Waals surface area contributed by atoms with Gasteiger partial charge in [0.1, 0.15) is 19.3 Å². The van der Waals surface area contributed by atoms with E-state index in [0.29, 0.717) is 24.1 Å². The van der Waals surface area contributed by atoms with Crippen molar-refractivity contribution in [3.05, 3.63) is 36.5 Å². The highest BCUT2D eigenvalue weighted by Gasteiger charge is 2.26. The van der Waals surface area contributed by atoms with E-state index in [0.717, 1.165) is 57.8 Å². The summed E-state index contributed by atoms with van der Waals surface area (Å²) < 4.78 is 34.8. The fraction of sp³-hybridized carbons (Fsp3) is 0.821. The molecule has 0 aromatic carbocycles. The molecule has 0 heterocycles. The van der Waals surface area contributed by atoms with Gasteiger partial charge in [-0.05, 0) is 64.2 Å². The molecule has 282 valence electrons. The van der Waals surface area contributed by atoms with Gasteiger partial charge in [0.2, 0.25) is 0 Å². The zero-order chi connectivity index (χ0) is 35.6. The third-order valence-electron chi connectivity index (χ3n) is 7.90. The van der Waals surface area contributed by atoms with Crippen LogP contribution in [0.5, 0.6) is 0 Å². The lowest BCUT2D eigenvalue weighted by atomic mass is 10.1. The molecule has 9 heteroatoms. The van der Waals surface area contributed by atoms with E-state index in [4.69, 9.17) is 18.5 Å². The van der Waals surface area contributed by atoms with Crippen molar-refractivity contribution in [1.29, 1.82) is 0 Å². The first-order valence-corrected chi connectivity index (χ1v) is 20.7. The Kier molecular flexibility index (Phi) is 32.0. The normalized spacial score (nSPS) is 14.4. The van der Waals surface area contributed by atoms with Gasteiger partial charge in [-0.2, -0.15) is 0 Å². The molecule has 0 aliphatic rings. The first kappa shape index (κ1) is 46.7. The van der Waals surface area contributed by atoms with Gasteiger partial charge in [-0.1, -0.05) is 115 Å². The maximum Gasteiger partial charge on any atom is 0.472 e. The van der Waals surface area contributed by atoms with Crippen LogP contribution in [-0.2, 0) is 27.9 Å². The van der Waals surface area contributed by atoms with Crippen molar-refractivity contribution < 1.29 is 37.3 Å². The Bertz CT molecular complexity index is 869. The van der Waals surface area contributed by atoms with Crippen molar-refractivity contribution in [2.45, 2.75) is 155 Å². The first-order valence-electron chi connectivity index (χ1n) is 19.2. The number of allylic oxidation sites excluding steroid dienone is 6. The predicted molar refractivity (Wildman–Crippen MR) is 201 cm³/mol. The van der Waals surface area contributed by atoms with Gasteiger partial charge in [0.05, 0.1) is 34.4 Å². The summed E-state index contributed by atoms with van der Waals surface area (Å²) in [6, 6.07) is 0. The van der Waals surface area contributed by atoms with Crippen molar-refractivity contribution in [3.63, 3.8) is 0 Å². The molecule has 0 rings (SSSR count). The smallest absolute Gasteiger partial charge is 0.457 e. The number of hydrogen-bond donors (Lipinski definition) is 1. The fourth-order valence-electron chi connectivity index (χ4n) is 4.88. The quantitative estimate of drug-likeness (QED) is 0.0231. The van der Waals surface area contributed by atoms with E-state index in [9.17, 15) is 14.3 Å². The highest BCUT2D eigenvalue weighted by molar-refractivity contribution is 7.47. The van der Waals surface area contributed by atoms with Gasteiger partial charge in [-0.3, -0.25) is 13.8 Å². The molecule has 0 aromatic rings. The number of phosphoric ester groups is 1. The number of unbranched alkanes of at least 4 members (excludes halogenated alkanes) is 15. The Morgan fingerprint density at radius 3 is 1.79 bits per heavy atom. The maximum absolute atomic E-state index is 12.6. The van der Waals surface area contributed by atoms with Crippen LogP contribution in [0.25, 0.3) is 0 Å². The van der Waals surface area contributed by atoms with E-state index in [1.54, 1.807) is 0 Å². The summed E-state index contributed by atoms with van der Waals surface area (Å²) in [5.74, 6) is -0.332. The highest BCUT2D eigenvalue weighted by atomic mass is 31.2. The molecule has 0 radical (unpaired) electrons. The summed E-state index contributed by atoms with van der Waals surface area (Å²) in [5.41, 5.74) is 0. The average Bonchev–Trinajstić information content (AvgIpc) is 3.03. The Labute approximate surface area is 295 Å². The van der Waals surface area contributed by atoms with E-state index in [2.05, 4.69) is 50.3 Å². The number of esters is 1. The van der Waals surface area contributed by atoms with Gasteiger partial charge >= 0.3 is 13.8 Å². The minimum Gasteiger partial charge on any atom is -0.457 e. The molecular weight excluding hydrogens is 625 g/mol. The molecule has 0 spiro atoms. The molecule has 0 aliphatic carbocycles. The largest absolute Gasteiger partial charge is 0.472 e. The summed E-state index contributed by atoms with van der Waals surface area (Å²) in [4.78, 5) is 22.8. The highest BCUT2D eigenvalue weighted by Crippen LogP contribution is 2.43. The lowest BCUT2D eigenvalue weighted by Gasteiger charge is -2.24. The predicted octanol–water partition coefficient (Wildman–Crippen LogP) is 10.7. The van der Waals surface area contributed by atoms with Crippen LogP contribution in [0, 0.1) is 0 Å². The first-order chi connectivity index (χ1) is 23.1. The van der Waals surface area contributed by atoms with Crippen LogP contribution < -0.4 is 0 Å². The zero-order valence-corrected chi connectivity index (χ0v) is 32.6. The van der Waals surface area contributed by atoms with Crippen molar-refractivity contribution >= 4 is 13.8 Å². The molecule has 0 aliphatic heterocycles. The van der Waals surface area contributed by atoms with Crippen LogP contribution in [0.4, 0.5) is 0 Å². The number of quaternary nitrogens is 1. The summed E-state index contributed by atoms with van der Waals surface area (Å²) in [5, 5.41) is 0. The van der Waals surface area contributed by atoms with E-state index in [-0.39, 0.29) is 25.8 Å². The number of nitrogens with zero attached hydrogens (tertiary/aromatic N) is 1. The molecule has 0 saturated heterocycles. The molecule has 1 N–H and O–H groups in total. The van der Waals surface area contributed by atoms with E-state index in [1.807, 2.05) is 21.1 Å². The maximum atomic E-state index is 12.6. The van der Waals surface area contributed by atoms with Crippen LogP contribution in [0.2, 0.25) is 0 Å². The summed E-state index contributed by atoms with van der Waals surface area (Å²) in [6.45, 7) is 5.49. The van der Waals surface area contributed by atoms with Crippen molar-refractivity contribution in [2.24, 2.45) is 0 Å². The monoisotopic (exact) mass is 701 g/mol. The minimum atomic E-state index is -4.27. The van der Waals surface area contributed by atoms with Crippen molar-refractivity contribution in [2.75, 3.05) is 54.1 Å². The molecule has 0 bridgehead atoms. The van der Waals surface area contributed by atoms with Gasteiger partial charge in [0.25, 0.3) is 0 Å². The van der Waals surface area contributed by atoms with Gasteiger partial charge in [-0.25, -0.2) is 4.57 Å². The minimum absolute atomic E-state index is 0.0839. The summed E-state index contributed by atoms with van der Waals surface area (Å²) >= 11 is 0. The van der Waals surface area contributed by atoms with E-state index >= 15 is 0 Å². The van der Waals surface area contributed by atoms with Crippen LogP contribution in [0.3, 0.4) is 0 Å². The lowest BCUT2D eigenvalue weighted by Crippen LogP contribution is -2.37. The van der Waals surface area contributed by atoms with Gasteiger partial charge < -0.3 is 18.9 Å². The second-order valence-electron chi connectivity index (χ2n) is 13.9. The van der Waals surface area contributed by atoms with Gasteiger partial charge in [0, 0.05) is 13.0 Å². The molecule has 48 heavy (non-hydrogen) atoms. The van der Waals surface area contributed by atoms with Crippen molar-refractivity contribution in [1.82, 2.24) is 0 Å².